The number of halogens is 4. The van der Waals surface area contributed by atoms with Gasteiger partial charge in [0, 0.05) is 29.7 Å². The number of hydrogen-bond acceptors (Lipinski definition) is 5. The Bertz CT molecular complexity index is 1550. The van der Waals surface area contributed by atoms with Crippen LogP contribution in [0.3, 0.4) is 0 Å². The first-order valence-corrected chi connectivity index (χ1v) is 14.6. The van der Waals surface area contributed by atoms with Crippen LogP contribution in [0.15, 0.2) is 73.1 Å². The Morgan fingerprint density at radius 1 is 1.00 bits per heavy atom. The SMILES string of the molecule is CC(C)c1cc(F)ccc1CC(=S)CC(=O)CCCCCc1cccc(-c2ncn(-c3ccc(OC(F)(F)F)cc3)n2)c1. The topological polar surface area (TPSA) is 57.0 Å². The maximum atomic E-state index is 13.6. The molecule has 0 unspecified atom stereocenters. The third-order valence-corrected chi connectivity index (χ3v) is 7.23. The minimum absolute atomic E-state index is 0.129. The van der Waals surface area contributed by atoms with Crippen LogP contribution in [0.1, 0.15) is 68.6 Å². The summed E-state index contributed by atoms with van der Waals surface area (Å²) in [6.07, 6.45) is 1.45. The summed E-state index contributed by atoms with van der Waals surface area (Å²) in [4.78, 5) is 17.6. The van der Waals surface area contributed by atoms with Crippen LogP contribution >= 0.6 is 12.2 Å². The van der Waals surface area contributed by atoms with Crippen LogP contribution in [0.5, 0.6) is 5.75 Å². The fraction of sp³-hybridized carbons (Fsp3) is 0.333. The van der Waals surface area contributed by atoms with E-state index in [0.29, 0.717) is 29.2 Å². The molecule has 0 fully saturated rings. The molecule has 1 aromatic heterocycles. The normalized spacial score (nSPS) is 11.6. The molecule has 0 spiro atoms. The summed E-state index contributed by atoms with van der Waals surface area (Å²) in [6, 6.07) is 18.0. The number of carbonyl (C=O) groups excluding carboxylic acids is 1. The molecule has 0 aliphatic rings. The van der Waals surface area contributed by atoms with Crippen LogP contribution in [0.4, 0.5) is 17.6 Å². The van der Waals surface area contributed by atoms with Gasteiger partial charge in [0.1, 0.15) is 23.7 Å². The van der Waals surface area contributed by atoms with E-state index in [2.05, 4.69) is 14.8 Å². The van der Waals surface area contributed by atoms with Crippen molar-refractivity contribution >= 4 is 22.9 Å². The van der Waals surface area contributed by atoms with Crippen LogP contribution in [0.25, 0.3) is 17.1 Å². The number of carbonyl (C=O) groups is 1. The van der Waals surface area contributed by atoms with Crippen molar-refractivity contribution in [2.45, 2.75) is 71.1 Å². The number of aryl methyl sites for hydroxylation is 1. The van der Waals surface area contributed by atoms with Gasteiger partial charge in [-0.2, -0.15) is 0 Å². The number of benzene rings is 3. The number of rotatable bonds is 14. The van der Waals surface area contributed by atoms with E-state index in [-0.39, 0.29) is 29.7 Å². The summed E-state index contributed by atoms with van der Waals surface area (Å²) >= 11 is 5.49. The highest BCUT2D eigenvalue weighted by atomic mass is 32.1. The molecule has 43 heavy (non-hydrogen) atoms. The lowest BCUT2D eigenvalue weighted by molar-refractivity contribution is -0.274. The lowest BCUT2D eigenvalue weighted by Crippen LogP contribution is -2.17. The number of unbranched alkanes of at least 4 members (excludes halogenated alkanes) is 2. The third-order valence-electron chi connectivity index (χ3n) is 6.94. The summed E-state index contributed by atoms with van der Waals surface area (Å²) in [5.41, 5.74) is 4.41. The van der Waals surface area contributed by atoms with E-state index in [4.69, 9.17) is 12.2 Å². The van der Waals surface area contributed by atoms with E-state index in [1.165, 1.54) is 41.3 Å². The quantitative estimate of drug-likeness (QED) is 0.0811. The van der Waals surface area contributed by atoms with Gasteiger partial charge in [0.2, 0.25) is 0 Å². The monoisotopic (exact) mass is 611 g/mol. The van der Waals surface area contributed by atoms with Gasteiger partial charge >= 0.3 is 6.36 Å². The molecule has 1 heterocycles. The first kappa shape index (κ1) is 32.0. The average molecular weight is 612 g/mol. The molecule has 4 aromatic rings. The van der Waals surface area contributed by atoms with Gasteiger partial charge < -0.3 is 4.74 Å². The molecule has 0 amide bonds. The van der Waals surface area contributed by atoms with E-state index in [1.54, 1.807) is 12.1 Å². The van der Waals surface area contributed by atoms with Gasteiger partial charge in [0.15, 0.2) is 5.82 Å². The van der Waals surface area contributed by atoms with Gasteiger partial charge in [-0.25, -0.2) is 14.1 Å². The third kappa shape index (κ3) is 9.81. The van der Waals surface area contributed by atoms with Crippen LogP contribution in [-0.4, -0.2) is 31.8 Å². The predicted octanol–water partition coefficient (Wildman–Crippen LogP) is 8.77. The van der Waals surface area contributed by atoms with Crippen LogP contribution in [0, 0.1) is 5.82 Å². The molecule has 0 aliphatic carbocycles. The second-order valence-electron chi connectivity index (χ2n) is 10.7. The molecule has 3 aromatic carbocycles. The van der Waals surface area contributed by atoms with Crippen molar-refractivity contribution in [3.05, 3.63) is 95.6 Å². The number of aromatic nitrogens is 3. The van der Waals surface area contributed by atoms with Crippen molar-refractivity contribution in [1.82, 2.24) is 14.8 Å². The van der Waals surface area contributed by atoms with E-state index in [1.807, 2.05) is 38.1 Å². The summed E-state index contributed by atoms with van der Waals surface area (Å²) in [5.74, 6) is 0.234. The summed E-state index contributed by atoms with van der Waals surface area (Å²) in [6.45, 7) is 4.03. The van der Waals surface area contributed by atoms with Gasteiger partial charge in [-0.15, -0.1) is 18.3 Å². The fourth-order valence-corrected chi connectivity index (χ4v) is 5.18. The highest BCUT2D eigenvalue weighted by molar-refractivity contribution is 7.80. The molecule has 226 valence electrons. The first-order chi connectivity index (χ1) is 20.5. The van der Waals surface area contributed by atoms with Crippen LogP contribution in [-0.2, 0) is 17.6 Å². The van der Waals surface area contributed by atoms with Crippen molar-refractivity contribution in [3.63, 3.8) is 0 Å². The van der Waals surface area contributed by atoms with Crippen LogP contribution in [0.2, 0.25) is 0 Å². The van der Waals surface area contributed by atoms with Gasteiger partial charge in [0.05, 0.1) is 5.69 Å². The molecular formula is C33H33F4N3O2S. The van der Waals surface area contributed by atoms with E-state index < -0.39 is 6.36 Å². The predicted molar refractivity (Wildman–Crippen MR) is 162 cm³/mol. The van der Waals surface area contributed by atoms with Gasteiger partial charge in [-0.3, -0.25) is 4.79 Å². The van der Waals surface area contributed by atoms with Crippen molar-refractivity contribution in [1.29, 1.82) is 0 Å². The number of nitrogens with zero attached hydrogens (tertiary/aromatic N) is 3. The standard InChI is InChI=1S/C33H33F4N3O2S/c1-22(2)31-19-26(34)12-11-24(31)18-30(43)20-28(41)10-5-3-4-7-23-8-6-9-25(17-23)32-38-21-40(39-32)27-13-15-29(16-14-27)42-33(35,36)37/h6,8-9,11-17,19,21-22H,3-5,7,10,18,20H2,1-2H3. The number of Topliss-reactive ketones (excluding diaryl/α,β-unsaturated/α-hetero) is 1. The number of thiocarbonyl (C=S) groups is 1. The second kappa shape index (κ2) is 14.5. The maximum absolute atomic E-state index is 13.6. The number of ether oxygens (including phenoxy) is 1. The highest BCUT2D eigenvalue weighted by Crippen LogP contribution is 2.25. The van der Waals surface area contributed by atoms with Crippen molar-refractivity contribution in [2.75, 3.05) is 0 Å². The largest absolute Gasteiger partial charge is 0.573 e. The first-order valence-electron chi connectivity index (χ1n) is 14.2. The zero-order chi connectivity index (χ0) is 31.0. The Labute approximate surface area is 253 Å². The molecule has 4 rings (SSSR count). The maximum Gasteiger partial charge on any atom is 0.573 e. The molecule has 0 radical (unpaired) electrons. The van der Waals surface area contributed by atoms with Crippen molar-refractivity contribution in [3.8, 4) is 22.8 Å². The number of alkyl halides is 3. The second-order valence-corrected chi connectivity index (χ2v) is 11.3. The molecule has 5 nitrogen and oxygen atoms in total. The number of hydrogen-bond donors (Lipinski definition) is 0. The van der Waals surface area contributed by atoms with Gasteiger partial charge in [0.25, 0.3) is 0 Å². The van der Waals surface area contributed by atoms with E-state index >= 15 is 0 Å². The Hall–Kier alpha value is -3.92. The average Bonchev–Trinajstić information content (AvgIpc) is 3.44. The molecule has 0 N–H and O–H groups in total. The van der Waals surface area contributed by atoms with Gasteiger partial charge in [-0.05, 0) is 84.3 Å². The lowest BCUT2D eigenvalue weighted by atomic mass is 9.93. The van der Waals surface area contributed by atoms with Crippen molar-refractivity contribution in [2.24, 2.45) is 0 Å². The molecule has 0 aliphatic heterocycles. The van der Waals surface area contributed by atoms with E-state index in [0.717, 1.165) is 47.9 Å². The molecule has 0 saturated carbocycles. The zero-order valence-electron chi connectivity index (χ0n) is 24.0. The minimum atomic E-state index is -4.75. The molecule has 0 atom stereocenters. The lowest BCUT2D eigenvalue weighted by Gasteiger charge is -2.13. The zero-order valence-corrected chi connectivity index (χ0v) is 24.9. The number of ketones is 1. The fourth-order valence-electron chi connectivity index (χ4n) is 4.86. The summed E-state index contributed by atoms with van der Waals surface area (Å²) in [5, 5.41) is 4.47. The summed E-state index contributed by atoms with van der Waals surface area (Å²) in [7, 11) is 0. The summed E-state index contributed by atoms with van der Waals surface area (Å²) < 4.78 is 56.3. The highest BCUT2D eigenvalue weighted by Gasteiger charge is 2.31. The Morgan fingerprint density at radius 3 is 2.49 bits per heavy atom. The molecule has 10 heteroatoms. The van der Waals surface area contributed by atoms with Gasteiger partial charge in [-0.1, -0.05) is 56.8 Å². The van der Waals surface area contributed by atoms with Crippen LogP contribution < -0.4 is 4.74 Å². The Morgan fingerprint density at radius 2 is 1.77 bits per heavy atom. The molecule has 0 bridgehead atoms. The molecule has 0 saturated heterocycles. The Balaban J connectivity index is 1.21. The van der Waals surface area contributed by atoms with E-state index in [9.17, 15) is 22.4 Å². The van der Waals surface area contributed by atoms with Crippen molar-refractivity contribution < 1.29 is 27.1 Å². The molecular weight excluding hydrogens is 578 g/mol. The smallest absolute Gasteiger partial charge is 0.406 e. The minimum Gasteiger partial charge on any atom is -0.406 e. The Kier molecular flexibility index (Phi) is 10.8.